The van der Waals surface area contributed by atoms with Crippen molar-refractivity contribution in [3.8, 4) is 34.1 Å². The molecule has 6 heteroatoms. The van der Waals surface area contributed by atoms with Gasteiger partial charge in [0.2, 0.25) is 0 Å². The number of aryl methyl sites for hydroxylation is 2. The summed E-state index contributed by atoms with van der Waals surface area (Å²) >= 11 is 0. The zero-order chi connectivity index (χ0) is 38.0. The van der Waals surface area contributed by atoms with Crippen LogP contribution in [0.15, 0.2) is 85.1 Å². The van der Waals surface area contributed by atoms with E-state index in [4.69, 9.17) is 14.8 Å². The molecule has 3 heterocycles. The molecule has 3 aromatic heterocycles. The Kier molecular flexibility index (Phi) is 10.4. The maximum absolute atomic E-state index is 6.72. The fourth-order valence-electron chi connectivity index (χ4n) is 7.53. The Morgan fingerprint density at radius 1 is 0.685 bits per heavy atom. The Labute approximate surface area is 335 Å². The first-order valence-electron chi connectivity index (χ1n) is 18.8. The number of ether oxygens (including phenoxy) is 1. The number of nitrogens with zero attached hydrogens (tertiary/aromatic N) is 4. The van der Waals surface area contributed by atoms with Crippen LogP contribution in [0, 0.1) is 26.0 Å². The number of rotatable bonds is 6. The average Bonchev–Trinajstić information content (AvgIpc) is 3.59. The Bertz CT molecular complexity index is 2470. The molecule has 280 valence electrons. The zero-order valence-electron chi connectivity index (χ0n) is 33.8. The maximum atomic E-state index is 6.72. The third-order valence-electron chi connectivity index (χ3n) is 10.4. The van der Waals surface area contributed by atoms with Crippen LogP contribution in [0.3, 0.4) is 0 Å². The molecule has 0 aliphatic carbocycles. The molecule has 7 rings (SSSR count). The Balaban J connectivity index is 0.00000497. The second-order valence-corrected chi connectivity index (χ2v) is 17.5. The summed E-state index contributed by atoms with van der Waals surface area (Å²) in [6, 6.07) is 35.1. The third-order valence-corrected chi connectivity index (χ3v) is 10.4. The second-order valence-electron chi connectivity index (χ2n) is 17.5. The van der Waals surface area contributed by atoms with E-state index in [1.165, 1.54) is 27.8 Å². The van der Waals surface area contributed by atoms with Gasteiger partial charge in [-0.25, -0.2) is 4.98 Å². The number of aromatic nitrogens is 4. The van der Waals surface area contributed by atoms with E-state index in [0.717, 1.165) is 56.7 Å². The molecule has 0 atom stereocenters. The van der Waals surface area contributed by atoms with Crippen molar-refractivity contribution in [2.45, 2.75) is 106 Å². The molecule has 0 spiro atoms. The van der Waals surface area contributed by atoms with Crippen LogP contribution >= 0.6 is 0 Å². The molecular formula is C48H52N4OPd. The van der Waals surface area contributed by atoms with Gasteiger partial charge in [-0.15, -0.1) is 41.3 Å². The molecule has 54 heavy (non-hydrogen) atoms. The van der Waals surface area contributed by atoms with Crippen molar-refractivity contribution in [2.75, 3.05) is 0 Å². The Morgan fingerprint density at radius 3 is 2.02 bits per heavy atom. The van der Waals surface area contributed by atoms with E-state index in [1.54, 1.807) is 0 Å². The first kappa shape index (κ1) is 39.2. The van der Waals surface area contributed by atoms with Gasteiger partial charge in [-0.3, -0.25) is 4.68 Å². The average molecular weight is 807 g/mol. The van der Waals surface area contributed by atoms with Crippen molar-refractivity contribution in [2.24, 2.45) is 0 Å². The summed E-state index contributed by atoms with van der Waals surface area (Å²) in [6.45, 7) is 26.9. The molecule has 7 aromatic rings. The van der Waals surface area contributed by atoms with Gasteiger partial charge in [0.25, 0.3) is 0 Å². The predicted molar refractivity (Wildman–Crippen MR) is 220 cm³/mol. The predicted octanol–water partition coefficient (Wildman–Crippen LogP) is 12.5. The van der Waals surface area contributed by atoms with Crippen molar-refractivity contribution in [3.05, 3.63) is 131 Å². The maximum Gasteiger partial charge on any atom is 2.00 e. The molecular weight excluding hydrogens is 755 g/mol. The number of para-hydroxylation sites is 1. The first-order chi connectivity index (χ1) is 25.0. The molecule has 0 amide bonds. The summed E-state index contributed by atoms with van der Waals surface area (Å²) in [7, 11) is 0. The summed E-state index contributed by atoms with van der Waals surface area (Å²) in [5.74, 6) is 2.11. The minimum Gasteiger partial charge on any atom is -0.509 e. The van der Waals surface area contributed by atoms with Gasteiger partial charge in [-0.05, 0) is 88.0 Å². The van der Waals surface area contributed by atoms with Crippen LogP contribution in [0.1, 0.15) is 103 Å². The van der Waals surface area contributed by atoms with Crippen LogP contribution in [-0.2, 0) is 43.1 Å². The molecule has 0 fully saturated rings. The van der Waals surface area contributed by atoms with E-state index < -0.39 is 0 Å². The SMILES string of the molecule is CCc1ccnc(-n2c3[c-]c(Oc4[c-]c(-n5nc(C)c(-c6c(C(C)(C)C)cccc6C(C)(C)C)c5C)cc(C(C)(C)C)c4)ccc3c3ccccc32)c1.[Pd+2]. The summed E-state index contributed by atoms with van der Waals surface area (Å²) in [6.07, 6.45) is 2.82. The number of fused-ring (bicyclic) bond motifs is 3. The van der Waals surface area contributed by atoms with Gasteiger partial charge in [0.15, 0.2) is 0 Å². The van der Waals surface area contributed by atoms with Gasteiger partial charge in [-0.1, -0.05) is 111 Å². The number of hydrogen-bond acceptors (Lipinski definition) is 3. The van der Waals surface area contributed by atoms with Gasteiger partial charge in [-0.2, -0.15) is 11.2 Å². The molecule has 0 N–H and O–H groups in total. The van der Waals surface area contributed by atoms with Gasteiger partial charge < -0.3 is 9.30 Å². The van der Waals surface area contributed by atoms with Crippen LogP contribution in [0.5, 0.6) is 11.5 Å². The van der Waals surface area contributed by atoms with Crippen LogP contribution in [0.25, 0.3) is 44.4 Å². The van der Waals surface area contributed by atoms with Crippen molar-refractivity contribution in [3.63, 3.8) is 0 Å². The van der Waals surface area contributed by atoms with Gasteiger partial charge >= 0.3 is 20.4 Å². The van der Waals surface area contributed by atoms with Gasteiger partial charge in [0.1, 0.15) is 5.82 Å². The van der Waals surface area contributed by atoms with Crippen molar-refractivity contribution in [1.82, 2.24) is 19.3 Å². The van der Waals surface area contributed by atoms with Gasteiger partial charge in [0.05, 0.1) is 5.69 Å². The fourth-order valence-corrected chi connectivity index (χ4v) is 7.53. The Hall–Kier alpha value is -4.50. The molecule has 0 aliphatic rings. The largest absolute Gasteiger partial charge is 2.00 e. The smallest absolute Gasteiger partial charge is 0.509 e. The zero-order valence-corrected chi connectivity index (χ0v) is 35.4. The van der Waals surface area contributed by atoms with E-state index in [0.29, 0.717) is 11.5 Å². The van der Waals surface area contributed by atoms with Gasteiger partial charge in [0, 0.05) is 34.5 Å². The topological polar surface area (TPSA) is 44.9 Å². The normalized spacial score (nSPS) is 12.4. The minimum absolute atomic E-state index is 0. The standard InChI is InChI=1S/C48H52N4O.Pd/c1-13-32-23-24-49-43(25-32)51-41-20-15-14-17-37(41)38-22-21-35(29-42(38)51)53-36-27-33(46(4,5)6)26-34(28-36)52-31(3)44(30(2)50-52)45-39(47(7,8)9)18-16-19-40(45)48(10,11)12;/h14-27H,13H2,1-12H3;/q-2;+2. The number of pyridine rings is 1. The third kappa shape index (κ3) is 7.19. The summed E-state index contributed by atoms with van der Waals surface area (Å²) in [5.41, 5.74) is 12.2. The van der Waals surface area contributed by atoms with Crippen molar-refractivity contribution < 1.29 is 25.2 Å². The molecule has 0 bridgehead atoms. The minimum atomic E-state index is -0.144. The Morgan fingerprint density at radius 2 is 1.37 bits per heavy atom. The number of hydrogen-bond donors (Lipinski definition) is 0. The quantitative estimate of drug-likeness (QED) is 0.124. The summed E-state index contributed by atoms with van der Waals surface area (Å²) in [4.78, 5) is 4.79. The molecule has 4 aromatic carbocycles. The molecule has 0 aliphatic heterocycles. The summed E-state index contributed by atoms with van der Waals surface area (Å²) in [5, 5.41) is 7.47. The molecule has 0 saturated heterocycles. The van der Waals surface area contributed by atoms with Crippen molar-refractivity contribution >= 4 is 21.8 Å². The van der Waals surface area contributed by atoms with E-state index in [1.807, 2.05) is 12.3 Å². The first-order valence-corrected chi connectivity index (χ1v) is 18.8. The van der Waals surface area contributed by atoms with Crippen LogP contribution in [0.2, 0.25) is 0 Å². The van der Waals surface area contributed by atoms with E-state index >= 15 is 0 Å². The van der Waals surface area contributed by atoms with Crippen LogP contribution in [0.4, 0.5) is 0 Å². The second kappa shape index (κ2) is 14.3. The molecule has 0 unspecified atom stereocenters. The molecule has 0 radical (unpaired) electrons. The summed E-state index contributed by atoms with van der Waals surface area (Å²) < 4.78 is 11.0. The van der Waals surface area contributed by atoms with Crippen LogP contribution < -0.4 is 4.74 Å². The fraction of sp³-hybridized carbons (Fsp3) is 0.333. The monoisotopic (exact) mass is 806 g/mol. The van der Waals surface area contributed by atoms with Crippen LogP contribution in [-0.4, -0.2) is 19.3 Å². The van der Waals surface area contributed by atoms with E-state index in [9.17, 15) is 0 Å². The van der Waals surface area contributed by atoms with E-state index in [2.05, 4.69) is 177 Å². The number of benzene rings is 4. The molecule has 5 nitrogen and oxygen atoms in total. The molecule has 0 saturated carbocycles. The van der Waals surface area contributed by atoms with E-state index in [-0.39, 0.29) is 36.7 Å². The van der Waals surface area contributed by atoms with Crippen molar-refractivity contribution in [1.29, 1.82) is 0 Å².